The molecule has 0 bridgehead atoms. The molecule has 2 heteroatoms. The second-order valence-electron chi connectivity index (χ2n) is 13.5. The number of benzene rings is 7. The van der Waals surface area contributed by atoms with Gasteiger partial charge in [0.1, 0.15) is 0 Å². The Labute approximate surface area is 287 Å². The lowest BCUT2D eigenvalue weighted by atomic mass is 9.83. The molecule has 0 aliphatic rings. The Balaban J connectivity index is 1.26. The minimum atomic E-state index is -0.0980. The van der Waals surface area contributed by atoms with E-state index in [0.29, 0.717) is 0 Å². The Bertz CT molecular complexity index is 2340. The van der Waals surface area contributed by atoms with E-state index in [-0.39, 0.29) is 5.41 Å². The maximum atomic E-state index is 2.45. The average molecular weight is 636 g/mol. The van der Waals surface area contributed by atoms with Crippen LogP contribution in [-0.2, 0) is 5.41 Å². The van der Waals surface area contributed by atoms with E-state index in [1.165, 1.54) is 64.8 Å². The second kappa shape index (κ2) is 12.3. The van der Waals surface area contributed by atoms with Gasteiger partial charge in [0.05, 0.1) is 0 Å². The van der Waals surface area contributed by atoms with E-state index in [4.69, 9.17) is 0 Å². The van der Waals surface area contributed by atoms with Gasteiger partial charge in [-0.2, -0.15) is 0 Å². The summed E-state index contributed by atoms with van der Waals surface area (Å²) in [6.07, 6.45) is 0. The van der Waals surface area contributed by atoms with Crippen LogP contribution in [0, 0.1) is 0 Å². The number of fused-ring (bicyclic) bond motifs is 3. The molecule has 0 aliphatic carbocycles. The van der Waals surface area contributed by atoms with Crippen molar-refractivity contribution in [3.63, 3.8) is 0 Å². The highest BCUT2D eigenvalue weighted by atomic mass is 32.1. The lowest BCUT2D eigenvalue weighted by Crippen LogP contribution is -2.19. The SMILES string of the molecule is CC(C)(C)c1cc(-c2ccc(-c3ccccc3)cc2)ccc1N(c1ccc(-c2ccccc2)cc1)c1ccc2c(c1)sc1ccccc12. The number of thiophene rings is 1. The molecule has 7 aromatic carbocycles. The van der Waals surface area contributed by atoms with Crippen LogP contribution in [0.2, 0.25) is 0 Å². The lowest BCUT2D eigenvalue weighted by molar-refractivity contribution is 0.591. The van der Waals surface area contributed by atoms with Gasteiger partial charge in [0.25, 0.3) is 0 Å². The van der Waals surface area contributed by atoms with Crippen LogP contribution in [-0.4, -0.2) is 0 Å². The lowest BCUT2D eigenvalue weighted by Gasteiger charge is -2.32. The van der Waals surface area contributed by atoms with Gasteiger partial charge in [-0.15, -0.1) is 11.3 Å². The van der Waals surface area contributed by atoms with Crippen LogP contribution in [0.3, 0.4) is 0 Å². The molecule has 48 heavy (non-hydrogen) atoms. The number of rotatable bonds is 6. The van der Waals surface area contributed by atoms with E-state index in [9.17, 15) is 0 Å². The van der Waals surface area contributed by atoms with Crippen LogP contribution in [0.15, 0.2) is 170 Å². The van der Waals surface area contributed by atoms with Crippen molar-refractivity contribution in [1.82, 2.24) is 0 Å². The highest BCUT2D eigenvalue weighted by molar-refractivity contribution is 7.25. The maximum absolute atomic E-state index is 2.45. The normalized spacial score (nSPS) is 11.6. The third-order valence-corrected chi connectivity index (χ3v) is 10.4. The van der Waals surface area contributed by atoms with E-state index in [1.807, 2.05) is 11.3 Å². The van der Waals surface area contributed by atoms with E-state index in [0.717, 1.165) is 11.4 Å². The molecular formula is C46H37NS. The summed E-state index contributed by atoms with van der Waals surface area (Å²) < 4.78 is 2.62. The van der Waals surface area contributed by atoms with Crippen molar-refractivity contribution in [2.75, 3.05) is 4.90 Å². The van der Waals surface area contributed by atoms with Gasteiger partial charge in [-0.3, -0.25) is 0 Å². The van der Waals surface area contributed by atoms with Crippen LogP contribution in [0.25, 0.3) is 53.6 Å². The first kappa shape index (κ1) is 29.9. The largest absolute Gasteiger partial charge is 0.310 e. The molecule has 0 fully saturated rings. The third-order valence-electron chi connectivity index (χ3n) is 9.22. The minimum Gasteiger partial charge on any atom is -0.310 e. The summed E-state index contributed by atoms with van der Waals surface area (Å²) >= 11 is 1.87. The van der Waals surface area contributed by atoms with Crippen LogP contribution in [0.5, 0.6) is 0 Å². The summed E-state index contributed by atoms with van der Waals surface area (Å²) in [5.41, 5.74) is 12.0. The molecule has 0 amide bonds. The Morgan fingerprint density at radius 3 is 1.50 bits per heavy atom. The molecule has 0 aliphatic heterocycles. The summed E-state index contributed by atoms with van der Waals surface area (Å²) in [5.74, 6) is 0. The third kappa shape index (κ3) is 5.70. The summed E-state index contributed by atoms with van der Waals surface area (Å²) in [6, 6.07) is 61.9. The molecule has 0 unspecified atom stereocenters. The highest BCUT2D eigenvalue weighted by Gasteiger charge is 2.25. The molecular weight excluding hydrogens is 599 g/mol. The fourth-order valence-corrected chi connectivity index (χ4v) is 7.85. The van der Waals surface area contributed by atoms with Crippen LogP contribution in [0.4, 0.5) is 17.1 Å². The molecule has 0 spiro atoms. The van der Waals surface area contributed by atoms with Gasteiger partial charge in [-0.05, 0) is 86.8 Å². The van der Waals surface area contributed by atoms with E-state index in [1.54, 1.807) is 0 Å². The van der Waals surface area contributed by atoms with E-state index < -0.39 is 0 Å². The Morgan fingerprint density at radius 2 is 0.875 bits per heavy atom. The average Bonchev–Trinajstić information content (AvgIpc) is 3.51. The first-order valence-electron chi connectivity index (χ1n) is 16.6. The Morgan fingerprint density at radius 1 is 0.396 bits per heavy atom. The number of hydrogen-bond acceptors (Lipinski definition) is 2. The van der Waals surface area contributed by atoms with Gasteiger partial charge in [-0.1, -0.05) is 148 Å². The summed E-state index contributed by atoms with van der Waals surface area (Å²) in [4.78, 5) is 2.45. The first-order valence-corrected chi connectivity index (χ1v) is 17.4. The van der Waals surface area contributed by atoms with Crippen LogP contribution >= 0.6 is 11.3 Å². The zero-order chi connectivity index (χ0) is 32.7. The highest BCUT2D eigenvalue weighted by Crippen LogP contribution is 2.45. The van der Waals surface area contributed by atoms with Crippen LogP contribution in [0.1, 0.15) is 26.3 Å². The molecule has 1 nitrogen and oxygen atoms in total. The molecule has 0 radical (unpaired) electrons. The number of nitrogens with zero attached hydrogens (tertiary/aromatic N) is 1. The monoisotopic (exact) mass is 635 g/mol. The summed E-state index contributed by atoms with van der Waals surface area (Å²) in [7, 11) is 0. The van der Waals surface area contributed by atoms with Gasteiger partial charge < -0.3 is 4.90 Å². The molecule has 8 rings (SSSR count). The summed E-state index contributed by atoms with van der Waals surface area (Å²) in [6.45, 7) is 6.96. The smallest absolute Gasteiger partial charge is 0.0499 e. The zero-order valence-corrected chi connectivity index (χ0v) is 28.3. The number of hydrogen-bond donors (Lipinski definition) is 0. The number of anilines is 3. The Hall–Kier alpha value is -5.44. The van der Waals surface area contributed by atoms with Crippen molar-refractivity contribution in [1.29, 1.82) is 0 Å². The van der Waals surface area contributed by atoms with E-state index in [2.05, 4.69) is 196 Å². The van der Waals surface area contributed by atoms with Gasteiger partial charge in [0, 0.05) is 37.2 Å². The van der Waals surface area contributed by atoms with Crippen molar-refractivity contribution in [2.24, 2.45) is 0 Å². The standard InChI is InChI=1S/C46H37NS/c1-46(2,3)42-30-37(36-20-18-34(19-21-36)32-12-6-4-7-13-32)24-29-43(42)47(38-25-22-35(23-26-38)33-14-8-5-9-15-33)39-27-28-41-40-16-10-11-17-44(40)48-45(41)31-39/h4-31H,1-3H3. The molecule has 0 saturated heterocycles. The molecule has 0 atom stereocenters. The molecule has 1 heterocycles. The predicted molar refractivity (Wildman–Crippen MR) is 209 cm³/mol. The fourth-order valence-electron chi connectivity index (χ4n) is 6.71. The van der Waals surface area contributed by atoms with Gasteiger partial charge in [-0.25, -0.2) is 0 Å². The fraction of sp³-hybridized carbons (Fsp3) is 0.0870. The second-order valence-corrected chi connectivity index (χ2v) is 14.5. The van der Waals surface area contributed by atoms with Crippen molar-refractivity contribution in [3.05, 3.63) is 175 Å². The summed E-state index contributed by atoms with van der Waals surface area (Å²) in [5, 5.41) is 2.63. The maximum Gasteiger partial charge on any atom is 0.0499 e. The van der Waals surface area contributed by atoms with Gasteiger partial charge >= 0.3 is 0 Å². The minimum absolute atomic E-state index is 0.0980. The Kier molecular flexibility index (Phi) is 7.67. The van der Waals surface area contributed by atoms with Crippen molar-refractivity contribution in [2.45, 2.75) is 26.2 Å². The van der Waals surface area contributed by atoms with Crippen molar-refractivity contribution < 1.29 is 0 Å². The molecule has 232 valence electrons. The van der Waals surface area contributed by atoms with Gasteiger partial charge in [0.15, 0.2) is 0 Å². The molecule has 8 aromatic rings. The van der Waals surface area contributed by atoms with Crippen molar-refractivity contribution in [3.8, 4) is 33.4 Å². The van der Waals surface area contributed by atoms with E-state index >= 15 is 0 Å². The molecule has 1 aromatic heterocycles. The van der Waals surface area contributed by atoms with Crippen LogP contribution < -0.4 is 4.90 Å². The topological polar surface area (TPSA) is 3.24 Å². The molecule has 0 saturated carbocycles. The van der Waals surface area contributed by atoms with Crippen molar-refractivity contribution >= 4 is 48.6 Å². The quantitative estimate of drug-likeness (QED) is 0.176. The van der Waals surface area contributed by atoms with Gasteiger partial charge in [0.2, 0.25) is 0 Å². The first-order chi connectivity index (χ1) is 23.4. The zero-order valence-electron chi connectivity index (χ0n) is 27.5. The molecule has 0 N–H and O–H groups in total. The predicted octanol–water partition coefficient (Wildman–Crippen LogP) is 13.8.